The molecule has 8 nitrogen and oxygen atoms in total. The van der Waals surface area contributed by atoms with Gasteiger partial charge in [-0.05, 0) is 61.0 Å². The number of aliphatic hydroxyl groups is 1. The fraction of sp³-hybridized carbons (Fsp3) is 0.343. The molecule has 3 aromatic carbocycles. The third kappa shape index (κ3) is 4.28. The first-order chi connectivity index (χ1) is 21.3. The normalized spacial score (nSPS) is 29.5. The average molecular weight is 610 g/mol. The molecule has 2 fully saturated rings. The van der Waals surface area contributed by atoms with Crippen molar-refractivity contribution in [1.29, 1.82) is 0 Å². The number of thioether (sulfide) groups is 1. The monoisotopic (exact) mass is 609 g/mol. The van der Waals surface area contributed by atoms with Crippen LogP contribution in [0, 0.1) is 11.8 Å². The Balaban J connectivity index is 1.29. The molecule has 3 amide bonds. The number of carbonyl (C=O) groups excluding carboxylic acids is 3. The number of amides is 3. The maximum absolute atomic E-state index is 14.6. The van der Waals surface area contributed by atoms with E-state index < -0.39 is 27.4 Å². The van der Waals surface area contributed by atoms with E-state index in [1.54, 1.807) is 9.80 Å². The van der Waals surface area contributed by atoms with E-state index in [1.807, 2.05) is 105 Å². The number of ether oxygens (including phenoxy) is 1. The van der Waals surface area contributed by atoms with Gasteiger partial charge >= 0.3 is 0 Å². The Morgan fingerprint density at radius 1 is 0.841 bits per heavy atom. The summed E-state index contributed by atoms with van der Waals surface area (Å²) < 4.78 is 3.90. The van der Waals surface area contributed by atoms with E-state index in [9.17, 15) is 19.5 Å². The summed E-state index contributed by atoms with van der Waals surface area (Å²) in [5.74, 6) is -1.38. The van der Waals surface area contributed by atoms with Crippen molar-refractivity contribution in [3.63, 3.8) is 0 Å². The fourth-order valence-electron chi connectivity index (χ4n) is 7.57. The van der Waals surface area contributed by atoms with Crippen molar-refractivity contribution in [1.82, 2.24) is 4.90 Å². The number of hydrogen-bond donors (Lipinski definition) is 1. The number of nitrogens with zero attached hydrogens (tertiary/aromatic N) is 3. The minimum absolute atomic E-state index is 0.0174. The van der Waals surface area contributed by atoms with Crippen molar-refractivity contribution in [2.75, 3.05) is 42.6 Å². The fourth-order valence-corrected chi connectivity index (χ4v) is 9.72. The summed E-state index contributed by atoms with van der Waals surface area (Å²) in [4.78, 5) is 48.6. The van der Waals surface area contributed by atoms with E-state index in [0.717, 1.165) is 27.9 Å². The largest absolute Gasteiger partial charge is 0.494 e. The molecule has 0 aromatic heterocycles. The first-order valence-corrected chi connectivity index (χ1v) is 15.9. The van der Waals surface area contributed by atoms with Crippen LogP contribution >= 0.6 is 11.8 Å². The molecule has 1 spiro atoms. The molecule has 44 heavy (non-hydrogen) atoms. The molecule has 4 aliphatic rings. The standard InChI is InChI=1S/C35H35N3O5S/c1-3-43-27-14-12-25(13-15-27)36-18-6-16-34(2)28(31(36)40)29-32(41)38(20-21-39)30-33(42)37(19-7-17-35(29,30)44-34)26-11-10-23-8-4-5-9-24(23)22-26/h4-17,22,28-30,39H,3,18-21H2,1-2H3/t28-,29+,30?,34+,35+/m1/s1. The summed E-state index contributed by atoms with van der Waals surface area (Å²) >= 11 is 1.54. The zero-order valence-electron chi connectivity index (χ0n) is 24.8. The van der Waals surface area contributed by atoms with Crippen molar-refractivity contribution in [3.8, 4) is 5.75 Å². The Labute approximate surface area is 260 Å². The van der Waals surface area contributed by atoms with Gasteiger partial charge in [-0.3, -0.25) is 14.4 Å². The van der Waals surface area contributed by atoms with Crippen molar-refractivity contribution in [2.45, 2.75) is 29.4 Å². The molecule has 0 radical (unpaired) electrons. The molecule has 4 aliphatic heterocycles. The number of benzene rings is 3. The Kier molecular flexibility index (Phi) is 7.05. The van der Waals surface area contributed by atoms with Crippen molar-refractivity contribution >= 4 is 51.6 Å². The average Bonchev–Trinajstić information content (AvgIpc) is 3.28. The van der Waals surface area contributed by atoms with Crippen LogP contribution in [0.2, 0.25) is 0 Å². The number of aliphatic hydroxyl groups excluding tert-OH is 1. The minimum Gasteiger partial charge on any atom is -0.494 e. The molecule has 4 heterocycles. The molecule has 7 rings (SSSR count). The lowest BCUT2D eigenvalue weighted by molar-refractivity contribution is -0.139. The van der Waals surface area contributed by atoms with Crippen LogP contribution in [0.4, 0.5) is 11.4 Å². The van der Waals surface area contributed by atoms with Gasteiger partial charge in [-0.2, -0.15) is 0 Å². The number of carbonyl (C=O) groups is 3. The number of rotatable bonds is 6. The van der Waals surface area contributed by atoms with Crippen LogP contribution in [0.5, 0.6) is 5.75 Å². The highest BCUT2D eigenvalue weighted by Gasteiger charge is 2.74. The number of hydrogen-bond acceptors (Lipinski definition) is 6. The molecule has 3 aromatic rings. The third-order valence-corrected chi connectivity index (χ3v) is 11.2. The van der Waals surface area contributed by atoms with Gasteiger partial charge < -0.3 is 24.5 Å². The lowest BCUT2D eigenvalue weighted by Gasteiger charge is -2.36. The van der Waals surface area contributed by atoms with Crippen molar-refractivity contribution < 1.29 is 24.2 Å². The van der Waals surface area contributed by atoms with Crippen LogP contribution in [0.15, 0.2) is 91.0 Å². The maximum Gasteiger partial charge on any atom is 0.251 e. The molecular weight excluding hydrogens is 574 g/mol. The molecule has 0 aliphatic carbocycles. The second kappa shape index (κ2) is 10.8. The van der Waals surface area contributed by atoms with Gasteiger partial charge in [-0.1, -0.05) is 54.6 Å². The smallest absolute Gasteiger partial charge is 0.251 e. The summed E-state index contributed by atoms with van der Waals surface area (Å²) in [5, 5.41) is 12.1. The summed E-state index contributed by atoms with van der Waals surface area (Å²) in [5.41, 5.74) is 1.47. The van der Waals surface area contributed by atoms with Crippen LogP contribution in [0.1, 0.15) is 13.8 Å². The molecule has 2 saturated heterocycles. The van der Waals surface area contributed by atoms with Crippen molar-refractivity contribution in [3.05, 3.63) is 91.0 Å². The van der Waals surface area contributed by atoms with Crippen LogP contribution in [-0.2, 0) is 14.4 Å². The Hall–Kier alpha value is -4.08. The van der Waals surface area contributed by atoms with Gasteiger partial charge in [-0.25, -0.2) is 0 Å². The summed E-state index contributed by atoms with van der Waals surface area (Å²) in [7, 11) is 0. The van der Waals surface area contributed by atoms with Gasteiger partial charge in [0.15, 0.2) is 0 Å². The molecule has 9 heteroatoms. The highest BCUT2D eigenvalue weighted by atomic mass is 32.2. The quantitative estimate of drug-likeness (QED) is 0.416. The maximum atomic E-state index is 14.6. The van der Waals surface area contributed by atoms with Crippen LogP contribution in [0.3, 0.4) is 0 Å². The second-order valence-electron chi connectivity index (χ2n) is 11.9. The van der Waals surface area contributed by atoms with Gasteiger partial charge in [0.05, 0.1) is 29.8 Å². The van der Waals surface area contributed by atoms with Gasteiger partial charge in [0.2, 0.25) is 11.8 Å². The van der Waals surface area contributed by atoms with Crippen molar-refractivity contribution in [2.24, 2.45) is 11.8 Å². The van der Waals surface area contributed by atoms with Crippen LogP contribution < -0.4 is 14.5 Å². The Morgan fingerprint density at radius 2 is 1.52 bits per heavy atom. The van der Waals surface area contributed by atoms with Crippen LogP contribution in [-0.4, -0.2) is 76.1 Å². The summed E-state index contributed by atoms with van der Waals surface area (Å²) in [6.45, 7) is 4.93. The Morgan fingerprint density at radius 3 is 2.25 bits per heavy atom. The molecule has 0 saturated carbocycles. The topological polar surface area (TPSA) is 90.4 Å². The number of likely N-dealkylation sites (tertiary alicyclic amines) is 1. The first-order valence-electron chi connectivity index (χ1n) is 15.1. The zero-order chi connectivity index (χ0) is 30.6. The lowest BCUT2D eigenvalue weighted by Crippen LogP contribution is -2.54. The van der Waals surface area contributed by atoms with Gasteiger partial charge in [0.1, 0.15) is 11.8 Å². The predicted molar refractivity (Wildman–Crippen MR) is 173 cm³/mol. The molecular formula is C35H35N3O5S. The number of fused-ring (bicyclic) bond motifs is 3. The summed E-state index contributed by atoms with van der Waals surface area (Å²) in [6.07, 6.45) is 8.01. The second-order valence-corrected chi connectivity index (χ2v) is 13.7. The molecule has 5 atom stereocenters. The molecule has 226 valence electrons. The van der Waals surface area contributed by atoms with E-state index in [2.05, 4.69) is 0 Å². The van der Waals surface area contributed by atoms with E-state index in [-0.39, 0.29) is 30.9 Å². The number of β-amino-alcohol motifs (C(OH)–C–C–N with tert-alkyl or cyclic N) is 1. The SMILES string of the molecule is CCOc1ccc(N2CC=C[C@]3(C)S[C@]45C=CCN(c6ccc7ccccc7c6)C(=O)C4N(CCO)C(=O)[C@@H]5[C@@H]3C2=O)cc1. The third-order valence-electron chi connectivity index (χ3n) is 9.40. The van der Waals surface area contributed by atoms with Gasteiger partial charge in [0, 0.05) is 35.8 Å². The lowest BCUT2D eigenvalue weighted by atomic mass is 9.74. The van der Waals surface area contributed by atoms with Gasteiger partial charge in [0.25, 0.3) is 5.91 Å². The zero-order valence-corrected chi connectivity index (χ0v) is 25.6. The highest BCUT2D eigenvalue weighted by Crippen LogP contribution is 2.65. The predicted octanol–water partition coefficient (Wildman–Crippen LogP) is 4.42. The number of anilines is 2. The Bertz CT molecular complexity index is 1710. The molecule has 0 bridgehead atoms. The molecule has 1 N–H and O–H groups in total. The first kappa shape index (κ1) is 28.7. The van der Waals surface area contributed by atoms with E-state index >= 15 is 0 Å². The molecule has 1 unspecified atom stereocenters. The minimum atomic E-state index is -0.976. The van der Waals surface area contributed by atoms with Gasteiger partial charge in [-0.15, -0.1) is 11.8 Å². The summed E-state index contributed by atoms with van der Waals surface area (Å²) in [6, 6.07) is 20.5. The highest BCUT2D eigenvalue weighted by molar-refractivity contribution is 8.02. The van der Waals surface area contributed by atoms with E-state index in [1.165, 1.54) is 16.7 Å². The van der Waals surface area contributed by atoms with E-state index in [0.29, 0.717) is 19.7 Å². The van der Waals surface area contributed by atoms with E-state index in [4.69, 9.17) is 4.74 Å². The van der Waals surface area contributed by atoms with Crippen LogP contribution in [0.25, 0.3) is 10.8 Å².